The second-order valence-electron chi connectivity index (χ2n) is 6.67. The van der Waals surface area contributed by atoms with E-state index in [1.807, 2.05) is 37.3 Å². The normalized spacial score (nSPS) is 12.2. The number of amides is 1. The molecular weight excluding hydrogens is 391 g/mol. The highest BCUT2D eigenvalue weighted by Gasteiger charge is 2.20. The van der Waals surface area contributed by atoms with Gasteiger partial charge in [-0.05, 0) is 55.3 Å². The minimum absolute atomic E-state index is 0.0794. The molecule has 1 amide bonds. The van der Waals surface area contributed by atoms with Crippen molar-refractivity contribution in [3.63, 3.8) is 0 Å². The zero-order valence-electron chi connectivity index (χ0n) is 16.0. The average molecular weight is 412 g/mol. The lowest BCUT2D eigenvalue weighted by Crippen LogP contribution is -2.28. The standard InChI is InChI=1S/C22H21FN2O3S/c1-15-14-18(12-13-20(15)23)29(27,28)25-21-11-7-6-10-19(21)22(26)24-16(2)17-8-4-3-5-9-17/h3-14,16,25H,1-2H3,(H,24,26)/t16-/m0/s1. The Balaban J connectivity index is 1.85. The van der Waals surface area contributed by atoms with E-state index in [-0.39, 0.29) is 27.8 Å². The van der Waals surface area contributed by atoms with Crippen LogP contribution in [0.1, 0.15) is 34.5 Å². The predicted molar refractivity (Wildman–Crippen MR) is 111 cm³/mol. The zero-order valence-corrected chi connectivity index (χ0v) is 16.8. The van der Waals surface area contributed by atoms with E-state index in [1.165, 1.54) is 25.1 Å². The first-order chi connectivity index (χ1) is 13.8. The summed E-state index contributed by atoms with van der Waals surface area (Å²) in [6.07, 6.45) is 0. The molecule has 0 saturated heterocycles. The van der Waals surface area contributed by atoms with Crippen molar-refractivity contribution < 1.29 is 17.6 Å². The molecule has 3 aromatic rings. The summed E-state index contributed by atoms with van der Waals surface area (Å²) in [5.74, 6) is -0.895. The molecule has 29 heavy (non-hydrogen) atoms. The van der Waals surface area contributed by atoms with E-state index in [4.69, 9.17) is 0 Å². The lowest BCUT2D eigenvalue weighted by molar-refractivity contribution is 0.0941. The summed E-state index contributed by atoms with van der Waals surface area (Å²) in [6, 6.07) is 19.1. The molecule has 0 fully saturated rings. The maximum Gasteiger partial charge on any atom is 0.261 e. The van der Waals surface area contributed by atoms with Crippen LogP contribution in [0.25, 0.3) is 0 Å². The van der Waals surface area contributed by atoms with Gasteiger partial charge in [-0.1, -0.05) is 42.5 Å². The number of para-hydroxylation sites is 1. The van der Waals surface area contributed by atoms with Crippen LogP contribution in [0.4, 0.5) is 10.1 Å². The summed E-state index contributed by atoms with van der Waals surface area (Å²) in [6.45, 7) is 3.34. The largest absolute Gasteiger partial charge is 0.345 e. The molecule has 3 aromatic carbocycles. The number of hydrogen-bond donors (Lipinski definition) is 2. The van der Waals surface area contributed by atoms with Gasteiger partial charge in [0.1, 0.15) is 5.82 Å². The Bertz CT molecular complexity index is 1130. The summed E-state index contributed by atoms with van der Waals surface area (Å²) < 4.78 is 41.3. The van der Waals surface area contributed by atoms with E-state index >= 15 is 0 Å². The van der Waals surface area contributed by atoms with Gasteiger partial charge in [0, 0.05) is 0 Å². The molecule has 150 valence electrons. The molecule has 0 heterocycles. The van der Waals surface area contributed by atoms with Gasteiger partial charge in [-0.25, -0.2) is 12.8 Å². The molecule has 0 bridgehead atoms. The van der Waals surface area contributed by atoms with Crippen molar-refractivity contribution in [3.8, 4) is 0 Å². The molecule has 0 aromatic heterocycles. The second kappa shape index (κ2) is 8.45. The number of carbonyl (C=O) groups is 1. The minimum atomic E-state index is -3.99. The van der Waals surface area contributed by atoms with E-state index < -0.39 is 21.7 Å². The molecule has 1 atom stereocenters. The van der Waals surface area contributed by atoms with Gasteiger partial charge in [-0.15, -0.1) is 0 Å². The van der Waals surface area contributed by atoms with Crippen molar-refractivity contribution in [2.24, 2.45) is 0 Å². The highest BCUT2D eigenvalue weighted by atomic mass is 32.2. The van der Waals surface area contributed by atoms with Crippen molar-refractivity contribution in [3.05, 3.63) is 95.3 Å². The van der Waals surface area contributed by atoms with Gasteiger partial charge in [0.15, 0.2) is 0 Å². The maximum absolute atomic E-state index is 13.5. The summed E-state index contributed by atoms with van der Waals surface area (Å²) in [7, 11) is -3.99. The number of nitrogens with one attached hydrogen (secondary N) is 2. The zero-order chi connectivity index (χ0) is 21.0. The Kier molecular flexibility index (Phi) is 5.98. The molecule has 0 aliphatic carbocycles. The van der Waals surface area contributed by atoms with Crippen LogP contribution in [0, 0.1) is 12.7 Å². The fourth-order valence-electron chi connectivity index (χ4n) is 2.86. The molecule has 0 aliphatic heterocycles. The number of aryl methyl sites for hydroxylation is 1. The fraction of sp³-hybridized carbons (Fsp3) is 0.136. The third kappa shape index (κ3) is 4.81. The quantitative estimate of drug-likeness (QED) is 0.629. The molecule has 0 aliphatic rings. The van der Waals surface area contributed by atoms with E-state index in [2.05, 4.69) is 10.0 Å². The third-order valence-corrected chi connectivity index (χ3v) is 5.87. The van der Waals surface area contributed by atoms with Gasteiger partial charge in [0.2, 0.25) is 0 Å². The van der Waals surface area contributed by atoms with Crippen LogP contribution in [0.5, 0.6) is 0 Å². The monoisotopic (exact) mass is 412 g/mol. The molecule has 0 radical (unpaired) electrons. The average Bonchev–Trinajstić information content (AvgIpc) is 2.70. The van der Waals surface area contributed by atoms with Crippen LogP contribution in [-0.4, -0.2) is 14.3 Å². The molecule has 0 saturated carbocycles. The molecule has 7 heteroatoms. The number of sulfonamides is 1. The molecule has 5 nitrogen and oxygen atoms in total. The van der Waals surface area contributed by atoms with Gasteiger partial charge in [-0.3, -0.25) is 9.52 Å². The van der Waals surface area contributed by atoms with Gasteiger partial charge in [0.25, 0.3) is 15.9 Å². The molecule has 0 unspecified atom stereocenters. The molecule has 0 spiro atoms. The third-order valence-electron chi connectivity index (χ3n) is 4.50. The number of rotatable bonds is 6. The molecule has 3 rings (SSSR count). The van der Waals surface area contributed by atoms with E-state index in [1.54, 1.807) is 18.2 Å². The Hall–Kier alpha value is -3.19. The predicted octanol–water partition coefficient (Wildman–Crippen LogP) is 4.43. The van der Waals surface area contributed by atoms with Crippen LogP contribution < -0.4 is 10.0 Å². The van der Waals surface area contributed by atoms with Gasteiger partial charge < -0.3 is 5.32 Å². The topological polar surface area (TPSA) is 75.3 Å². The van der Waals surface area contributed by atoms with Crippen molar-refractivity contribution in [1.29, 1.82) is 0 Å². The fourth-order valence-corrected chi connectivity index (χ4v) is 4.02. The van der Waals surface area contributed by atoms with Crippen molar-refractivity contribution in [2.45, 2.75) is 24.8 Å². The SMILES string of the molecule is Cc1cc(S(=O)(=O)Nc2ccccc2C(=O)N[C@@H](C)c2ccccc2)ccc1F. The van der Waals surface area contributed by atoms with E-state index in [9.17, 15) is 17.6 Å². The van der Waals surface area contributed by atoms with Gasteiger partial charge >= 0.3 is 0 Å². The van der Waals surface area contributed by atoms with Crippen LogP contribution in [0.3, 0.4) is 0 Å². The Morgan fingerprint density at radius 3 is 2.31 bits per heavy atom. The minimum Gasteiger partial charge on any atom is -0.345 e. The Morgan fingerprint density at radius 1 is 0.966 bits per heavy atom. The van der Waals surface area contributed by atoms with Crippen molar-refractivity contribution >= 4 is 21.6 Å². The number of hydrogen-bond acceptors (Lipinski definition) is 3. The summed E-state index contributed by atoms with van der Waals surface area (Å²) >= 11 is 0. The van der Waals surface area contributed by atoms with Crippen LogP contribution in [0.2, 0.25) is 0 Å². The van der Waals surface area contributed by atoms with Crippen LogP contribution >= 0.6 is 0 Å². The first-order valence-corrected chi connectivity index (χ1v) is 10.5. The van der Waals surface area contributed by atoms with E-state index in [0.717, 1.165) is 11.6 Å². The van der Waals surface area contributed by atoms with Crippen LogP contribution in [0.15, 0.2) is 77.7 Å². The Labute approximate surface area is 169 Å². The lowest BCUT2D eigenvalue weighted by Gasteiger charge is -2.17. The smallest absolute Gasteiger partial charge is 0.261 e. The number of benzene rings is 3. The maximum atomic E-state index is 13.5. The van der Waals surface area contributed by atoms with Crippen LogP contribution in [-0.2, 0) is 10.0 Å². The number of anilines is 1. The summed E-state index contributed by atoms with van der Waals surface area (Å²) in [5, 5.41) is 2.87. The highest BCUT2D eigenvalue weighted by molar-refractivity contribution is 7.92. The van der Waals surface area contributed by atoms with E-state index in [0.29, 0.717) is 0 Å². The lowest BCUT2D eigenvalue weighted by atomic mass is 10.1. The van der Waals surface area contributed by atoms with Gasteiger partial charge in [0.05, 0.1) is 22.2 Å². The van der Waals surface area contributed by atoms with Crippen molar-refractivity contribution in [2.75, 3.05) is 4.72 Å². The number of halogens is 1. The molecule has 2 N–H and O–H groups in total. The van der Waals surface area contributed by atoms with Crippen molar-refractivity contribution in [1.82, 2.24) is 5.32 Å². The first kappa shape index (κ1) is 20.5. The number of carbonyl (C=O) groups excluding carboxylic acids is 1. The molecular formula is C22H21FN2O3S. The second-order valence-corrected chi connectivity index (χ2v) is 8.35. The summed E-state index contributed by atoms with van der Waals surface area (Å²) in [5.41, 5.74) is 1.49. The highest BCUT2D eigenvalue weighted by Crippen LogP contribution is 2.22. The summed E-state index contributed by atoms with van der Waals surface area (Å²) in [4.78, 5) is 12.7. The Morgan fingerprint density at radius 2 is 1.62 bits per heavy atom. The van der Waals surface area contributed by atoms with Gasteiger partial charge in [-0.2, -0.15) is 0 Å². The first-order valence-electron chi connectivity index (χ1n) is 9.02.